The Labute approximate surface area is 245 Å². The molecule has 1 N–H and O–H groups in total. The van der Waals surface area contributed by atoms with E-state index in [2.05, 4.69) is 20.7 Å². The number of nitrogens with one attached hydrogen (secondary N) is 1. The summed E-state index contributed by atoms with van der Waals surface area (Å²) in [4.78, 5) is 31.4. The zero-order valence-corrected chi connectivity index (χ0v) is 24.3. The highest BCUT2D eigenvalue weighted by Crippen LogP contribution is 2.38. The van der Waals surface area contributed by atoms with E-state index in [9.17, 15) is 9.59 Å². The van der Waals surface area contributed by atoms with Gasteiger partial charge in [0.25, 0.3) is 0 Å². The highest BCUT2D eigenvalue weighted by Gasteiger charge is 2.40. The summed E-state index contributed by atoms with van der Waals surface area (Å²) >= 11 is 6.02. The van der Waals surface area contributed by atoms with Crippen LogP contribution in [-0.2, 0) is 16.1 Å². The molecule has 2 saturated carbocycles. The number of nitrogens with zero attached hydrogens (tertiary/aromatic N) is 5. The lowest BCUT2D eigenvalue weighted by atomic mass is 9.94. The SMILES string of the molecule is COc1ccc(OC)c([C@@H](C(=O)NC2CCCCC2)N(C(=O)Cn2nnc(-c3ccc(Cl)cc3)n2)C2CCCC2)c1. The topological polar surface area (TPSA) is 111 Å². The van der Waals surface area contributed by atoms with Crippen molar-refractivity contribution in [1.29, 1.82) is 0 Å². The number of rotatable bonds is 10. The zero-order valence-electron chi connectivity index (χ0n) is 23.6. The zero-order chi connectivity index (χ0) is 28.8. The lowest BCUT2D eigenvalue weighted by Crippen LogP contribution is -2.51. The van der Waals surface area contributed by atoms with E-state index in [4.69, 9.17) is 21.1 Å². The van der Waals surface area contributed by atoms with Gasteiger partial charge in [-0.1, -0.05) is 43.7 Å². The Morgan fingerprint density at radius 2 is 1.71 bits per heavy atom. The van der Waals surface area contributed by atoms with E-state index in [1.807, 2.05) is 0 Å². The Morgan fingerprint density at radius 1 is 1.00 bits per heavy atom. The summed E-state index contributed by atoms with van der Waals surface area (Å²) in [6.07, 6.45) is 8.80. The van der Waals surface area contributed by atoms with Crippen LogP contribution in [0, 0.1) is 0 Å². The second-order valence-electron chi connectivity index (χ2n) is 10.7. The molecule has 1 aromatic heterocycles. The molecule has 0 saturated heterocycles. The third-order valence-electron chi connectivity index (χ3n) is 8.05. The van der Waals surface area contributed by atoms with Crippen molar-refractivity contribution in [3.05, 3.63) is 53.1 Å². The van der Waals surface area contributed by atoms with Gasteiger partial charge in [-0.2, -0.15) is 4.80 Å². The van der Waals surface area contributed by atoms with Crippen LogP contribution in [0.2, 0.25) is 5.02 Å². The smallest absolute Gasteiger partial charge is 0.247 e. The van der Waals surface area contributed by atoms with Crippen molar-refractivity contribution < 1.29 is 19.1 Å². The van der Waals surface area contributed by atoms with Gasteiger partial charge in [0.1, 0.15) is 24.1 Å². The molecule has 2 aliphatic carbocycles. The molecule has 0 bridgehead atoms. The monoisotopic (exact) mass is 580 g/mol. The fraction of sp³-hybridized carbons (Fsp3) is 0.500. The van der Waals surface area contributed by atoms with Gasteiger partial charge >= 0.3 is 0 Å². The van der Waals surface area contributed by atoms with E-state index in [1.54, 1.807) is 61.6 Å². The highest BCUT2D eigenvalue weighted by atomic mass is 35.5. The first-order chi connectivity index (χ1) is 20.0. The highest BCUT2D eigenvalue weighted by molar-refractivity contribution is 6.30. The number of ether oxygens (including phenoxy) is 2. The second kappa shape index (κ2) is 13.3. The average Bonchev–Trinajstić information content (AvgIpc) is 3.69. The summed E-state index contributed by atoms with van der Waals surface area (Å²) in [7, 11) is 3.15. The van der Waals surface area contributed by atoms with Crippen molar-refractivity contribution in [3.63, 3.8) is 0 Å². The largest absolute Gasteiger partial charge is 0.497 e. The van der Waals surface area contributed by atoms with Crippen molar-refractivity contribution >= 4 is 23.4 Å². The number of halogens is 1. The van der Waals surface area contributed by atoms with Gasteiger partial charge in [0.05, 0.1) is 14.2 Å². The van der Waals surface area contributed by atoms with Gasteiger partial charge in [0.15, 0.2) is 0 Å². The third-order valence-corrected chi connectivity index (χ3v) is 8.30. The fourth-order valence-corrected chi connectivity index (χ4v) is 6.09. The van der Waals surface area contributed by atoms with Crippen LogP contribution in [0.15, 0.2) is 42.5 Å². The van der Waals surface area contributed by atoms with Gasteiger partial charge in [0, 0.05) is 28.2 Å². The van der Waals surface area contributed by atoms with Gasteiger partial charge in [-0.25, -0.2) is 0 Å². The van der Waals surface area contributed by atoms with E-state index < -0.39 is 6.04 Å². The number of hydrogen-bond donors (Lipinski definition) is 1. The third kappa shape index (κ3) is 6.81. The van der Waals surface area contributed by atoms with Crippen LogP contribution in [0.5, 0.6) is 11.5 Å². The van der Waals surface area contributed by atoms with Crippen molar-refractivity contribution in [3.8, 4) is 22.9 Å². The summed E-state index contributed by atoms with van der Waals surface area (Å²) in [5, 5.41) is 16.6. The van der Waals surface area contributed by atoms with Gasteiger partial charge < -0.3 is 19.7 Å². The Morgan fingerprint density at radius 3 is 2.39 bits per heavy atom. The van der Waals surface area contributed by atoms with Crippen LogP contribution in [0.4, 0.5) is 0 Å². The van der Waals surface area contributed by atoms with E-state index >= 15 is 0 Å². The quantitative estimate of drug-likeness (QED) is 0.360. The number of tetrazole rings is 1. The van der Waals surface area contributed by atoms with Gasteiger partial charge in [-0.15, -0.1) is 10.2 Å². The number of amides is 2. The van der Waals surface area contributed by atoms with Crippen molar-refractivity contribution in [2.24, 2.45) is 0 Å². The summed E-state index contributed by atoms with van der Waals surface area (Å²) in [6, 6.07) is 11.5. The predicted octanol–water partition coefficient (Wildman–Crippen LogP) is 4.97. The van der Waals surface area contributed by atoms with Crippen LogP contribution < -0.4 is 14.8 Å². The standard InChI is InChI=1S/C30H37ClN6O4/c1-40-24-16-17-26(41-2)25(18-24)28(30(39)32-22-8-4-3-5-9-22)37(23-10-6-7-11-23)27(38)19-36-34-29(33-35-36)20-12-14-21(31)15-13-20/h12-18,22-23,28H,3-11,19H2,1-2H3,(H,32,39)/t28-/m0/s1. The van der Waals surface area contributed by atoms with E-state index in [0.717, 1.165) is 56.9 Å². The molecule has 2 amide bonds. The van der Waals surface area contributed by atoms with Gasteiger partial charge in [-0.3, -0.25) is 9.59 Å². The maximum Gasteiger partial charge on any atom is 0.247 e. The minimum absolute atomic E-state index is 0.0785. The lowest BCUT2D eigenvalue weighted by molar-refractivity contribution is -0.144. The maximum atomic E-state index is 14.2. The Hall–Kier alpha value is -3.66. The van der Waals surface area contributed by atoms with Crippen LogP contribution in [-0.4, -0.2) is 63.2 Å². The molecule has 5 rings (SSSR count). The number of hydrogen-bond acceptors (Lipinski definition) is 7. The van der Waals surface area contributed by atoms with Crippen molar-refractivity contribution in [2.45, 2.75) is 82.5 Å². The summed E-state index contributed by atoms with van der Waals surface area (Å²) in [5.41, 5.74) is 1.33. The molecule has 11 heteroatoms. The first kappa shape index (κ1) is 28.9. The van der Waals surface area contributed by atoms with Crippen molar-refractivity contribution in [2.75, 3.05) is 14.2 Å². The molecule has 1 atom stereocenters. The first-order valence-corrected chi connectivity index (χ1v) is 14.7. The predicted molar refractivity (Wildman–Crippen MR) is 155 cm³/mol. The molecule has 0 unspecified atom stereocenters. The Balaban J connectivity index is 1.49. The normalized spacial score (nSPS) is 16.8. The lowest BCUT2D eigenvalue weighted by Gasteiger charge is -2.37. The van der Waals surface area contributed by atoms with Crippen LogP contribution >= 0.6 is 11.6 Å². The minimum atomic E-state index is -0.906. The van der Waals surface area contributed by atoms with Crippen LogP contribution in [0.1, 0.15) is 69.4 Å². The summed E-state index contributed by atoms with van der Waals surface area (Å²) in [5.74, 6) is 1.03. The molecular formula is C30H37ClN6O4. The molecule has 0 radical (unpaired) electrons. The summed E-state index contributed by atoms with van der Waals surface area (Å²) < 4.78 is 11.2. The molecule has 10 nitrogen and oxygen atoms in total. The molecule has 0 aliphatic heterocycles. The number of methoxy groups -OCH3 is 2. The molecular weight excluding hydrogens is 544 g/mol. The number of carbonyl (C=O) groups is 2. The van der Waals surface area contributed by atoms with E-state index in [1.165, 1.54) is 11.2 Å². The molecule has 1 heterocycles. The number of benzene rings is 2. The van der Waals surface area contributed by atoms with Crippen molar-refractivity contribution in [1.82, 2.24) is 30.4 Å². The second-order valence-corrected chi connectivity index (χ2v) is 11.2. The molecule has 41 heavy (non-hydrogen) atoms. The first-order valence-electron chi connectivity index (χ1n) is 14.3. The fourth-order valence-electron chi connectivity index (χ4n) is 5.97. The molecule has 0 spiro atoms. The summed E-state index contributed by atoms with van der Waals surface area (Å²) in [6.45, 7) is -0.156. The number of carbonyl (C=O) groups excluding carboxylic acids is 2. The Bertz CT molecular complexity index is 1340. The van der Waals surface area contributed by atoms with Crippen LogP contribution in [0.3, 0.4) is 0 Å². The van der Waals surface area contributed by atoms with Gasteiger partial charge in [0.2, 0.25) is 17.6 Å². The average molecular weight is 581 g/mol. The molecule has 2 aromatic carbocycles. The van der Waals surface area contributed by atoms with Crippen LogP contribution in [0.25, 0.3) is 11.4 Å². The molecule has 2 aliphatic rings. The number of aromatic nitrogens is 4. The molecule has 3 aromatic rings. The Kier molecular flexibility index (Phi) is 9.38. The minimum Gasteiger partial charge on any atom is -0.497 e. The maximum absolute atomic E-state index is 14.2. The van der Waals surface area contributed by atoms with E-state index in [0.29, 0.717) is 27.9 Å². The molecule has 2 fully saturated rings. The van der Waals surface area contributed by atoms with E-state index in [-0.39, 0.29) is 30.4 Å². The van der Waals surface area contributed by atoms with Gasteiger partial charge in [-0.05, 0) is 73.4 Å². The molecule has 218 valence electrons.